The molecule has 174 valence electrons. The summed E-state index contributed by atoms with van der Waals surface area (Å²) in [5, 5.41) is 43.6. The van der Waals surface area contributed by atoms with Gasteiger partial charge in [-0.05, 0) is 53.6 Å². The number of aromatic hydroxyl groups is 1. The zero-order valence-electron chi connectivity index (χ0n) is 17.7. The van der Waals surface area contributed by atoms with E-state index in [0.29, 0.717) is 16.1 Å². The first-order valence-corrected chi connectivity index (χ1v) is 11.0. The number of nitrogens with two attached hydrogens (primary N) is 1. The molecule has 0 fully saturated rings. The molecule has 0 aliphatic heterocycles. The number of hydrogen-bond donors (Lipinski definition) is 5. The minimum absolute atomic E-state index is 0.0240. The molecule has 0 radical (unpaired) electrons. The van der Waals surface area contributed by atoms with Gasteiger partial charge in [0.2, 0.25) is 5.78 Å². The van der Waals surface area contributed by atoms with Gasteiger partial charge in [-0.25, -0.2) is 0 Å². The molecule has 34 heavy (non-hydrogen) atoms. The van der Waals surface area contributed by atoms with Crippen molar-refractivity contribution in [1.29, 1.82) is 0 Å². The first-order chi connectivity index (χ1) is 16.1. The average molecular weight is 482 g/mol. The van der Waals surface area contributed by atoms with Crippen LogP contribution in [0.15, 0.2) is 59.1 Å². The zero-order chi connectivity index (χ0) is 24.5. The van der Waals surface area contributed by atoms with Crippen LogP contribution in [0.4, 0.5) is 0 Å². The Morgan fingerprint density at radius 3 is 2.35 bits per heavy atom. The number of hydrogen-bond acceptors (Lipinski definition) is 7. The van der Waals surface area contributed by atoms with Crippen molar-refractivity contribution in [2.45, 2.75) is 24.9 Å². The Bertz CT molecular complexity index is 1360. The fraction of sp³-hybridized carbons (Fsp3) is 0.240. The number of fused-ring (bicyclic) bond motifs is 3. The Balaban J connectivity index is 1.68. The highest BCUT2D eigenvalue weighted by atomic mass is 35.5. The summed E-state index contributed by atoms with van der Waals surface area (Å²) in [5.41, 5.74) is 3.68. The summed E-state index contributed by atoms with van der Waals surface area (Å²) in [6.07, 6.45) is 0.0544. The molecule has 8 nitrogen and oxygen atoms in total. The van der Waals surface area contributed by atoms with E-state index in [1.807, 2.05) is 0 Å². The Morgan fingerprint density at radius 1 is 1.03 bits per heavy atom. The van der Waals surface area contributed by atoms with Gasteiger partial charge in [-0.2, -0.15) is 0 Å². The highest BCUT2D eigenvalue weighted by Crippen LogP contribution is 2.52. The first kappa shape index (κ1) is 22.2. The van der Waals surface area contributed by atoms with E-state index in [1.165, 1.54) is 6.07 Å². The van der Waals surface area contributed by atoms with E-state index in [9.17, 15) is 34.8 Å². The van der Waals surface area contributed by atoms with Gasteiger partial charge in [0.15, 0.2) is 11.4 Å². The number of amides is 1. The normalized spacial score (nSPS) is 26.2. The lowest BCUT2D eigenvalue weighted by Gasteiger charge is -2.45. The molecule has 2 aromatic carbocycles. The van der Waals surface area contributed by atoms with Crippen LogP contribution in [0, 0.1) is 11.8 Å². The third kappa shape index (κ3) is 2.92. The van der Waals surface area contributed by atoms with E-state index in [0.717, 1.165) is 5.56 Å². The molecule has 2 aromatic rings. The van der Waals surface area contributed by atoms with Crippen molar-refractivity contribution in [2.75, 3.05) is 0 Å². The zero-order valence-corrected chi connectivity index (χ0v) is 18.5. The molecule has 0 spiro atoms. The number of Topliss-reactive ketones (excluding diaryl/α,β-unsaturated/α-hetero) is 2. The van der Waals surface area contributed by atoms with Crippen molar-refractivity contribution in [1.82, 2.24) is 0 Å². The van der Waals surface area contributed by atoms with Gasteiger partial charge in [0.1, 0.15) is 22.8 Å². The Hall–Kier alpha value is -3.62. The molecular formula is C25H20ClNO7. The summed E-state index contributed by atoms with van der Waals surface area (Å²) in [5.74, 6) is -6.46. The second-order valence-corrected chi connectivity index (χ2v) is 9.34. The second kappa shape index (κ2) is 7.44. The van der Waals surface area contributed by atoms with Gasteiger partial charge in [-0.3, -0.25) is 14.4 Å². The molecule has 9 heteroatoms. The summed E-state index contributed by atoms with van der Waals surface area (Å²) < 4.78 is 0. The number of benzene rings is 2. The van der Waals surface area contributed by atoms with Crippen molar-refractivity contribution in [2.24, 2.45) is 17.6 Å². The number of rotatable bonds is 2. The summed E-state index contributed by atoms with van der Waals surface area (Å²) in [4.78, 5) is 38.2. The molecule has 3 aliphatic carbocycles. The maximum Gasteiger partial charge on any atom is 0.255 e. The van der Waals surface area contributed by atoms with Crippen molar-refractivity contribution in [3.63, 3.8) is 0 Å². The van der Waals surface area contributed by atoms with Gasteiger partial charge in [0.05, 0.1) is 5.56 Å². The number of ketones is 2. The van der Waals surface area contributed by atoms with Crippen LogP contribution >= 0.6 is 11.6 Å². The third-order valence-corrected chi connectivity index (χ3v) is 7.35. The van der Waals surface area contributed by atoms with Crippen molar-refractivity contribution < 1.29 is 34.8 Å². The number of phenolic OH excluding ortho intramolecular Hbond substituents is 1. The molecule has 0 aromatic heterocycles. The number of carbonyl (C=O) groups excluding carboxylic acids is 3. The summed E-state index contributed by atoms with van der Waals surface area (Å²) in [6, 6.07) is 10.0. The number of phenols is 1. The predicted octanol–water partition coefficient (Wildman–Crippen LogP) is 2.90. The van der Waals surface area contributed by atoms with Gasteiger partial charge in [-0.15, -0.1) is 0 Å². The lowest BCUT2D eigenvalue weighted by molar-refractivity contribution is -0.144. The highest BCUT2D eigenvalue weighted by Gasteiger charge is 2.59. The molecule has 1 amide bonds. The molecular weight excluding hydrogens is 462 g/mol. The van der Waals surface area contributed by atoms with E-state index in [4.69, 9.17) is 17.3 Å². The quantitative estimate of drug-likeness (QED) is 0.412. The van der Waals surface area contributed by atoms with E-state index in [1.54, 1.807) is 30.3 Å². The SMILES string of the molecule is NC(=O)C1=C(O)C[C@@H]2C[C@@H]3Cc4c(-c5ccc(Cl)cc5)ccc(O)c4C(=O)C3=C(O)[C@]2(O)C1=O. The van der Waals surface area contributed by atoms with Gasteiger partial charge in [0, 0.05) is 22.9 Å². The van der Waals surface area contributed by atoms with E-state index >= 15 is 0 Å². The van der Waals surface area contributed by atoms with Crippen LogP contribution in [-0.4, -0.2) is 43.5 Å². The predicted molar refractivity (Wildman–Crippen MR) is 121 cm³/mol. The largest absolute Gasteiger partial charge is 0.511 e. The van der Waals surface area contributed by atoms with E-state index < -0.39 is 52.0 Å². The van der Waals surface area contributed by atoms with E-state index in [-0.39, 0.29) is 36.1 Å². The van der Waals surface area contributed by atoms with Crippen LogP contribution in [0.1, 0.15) is 28.8 Å². The molecule has 3 atom stereocenters. The smallest absolute Gasteiger partial charge is 0.255 e. The van der Waals surface area contributed by atoms with E-state index in [2.05, 4.69) is 0 Å². The maximum atomic E-state index is 13.5. The Labute approximate surface area is 198 Å². The van der Waals surface area contributed by atoms with Crippen molar-refractivity contribution >= 4 is 29.1 Å². The summed E-state index contributed by atoms with van der Waals surface area (Å²) >= 11 is 6.00. The van der Waals surface area contributed by atoms with Crippen molar-refractivity contribution in [3.8, 4) is 16.9 Å². The molecule has 0 unspecified atom stereocenters. The van der Waals surface area contributed by atoms with Crippen LogP contribution in [-0.2, 0) is 16.0 Å². The first-order valence-electron chi connectivity index (χ1n) is 10.6. The standard InChI is InChI=1S/C25H20ClNO7/c26-13-3-1-10(2-4-13)14-5-6-16(28)19-15(14)8-11-7-12-9-17(29)20(24(27)33)23(32)25(12,34)22(31)18(11)21(19)30/h1-6,11-12,28-29,31,34H,7-9H2,(H2,27,33)/t11-,12+,25+/m1/s1. The van der Waals surface area contributed by atoms with Gasteiger partial charge in [-0.1, -0.05) is 29.8 Å². The topological polar surface area (TPSA) is 158 Å². The minimum Gasteiger partial charge on any atom is -0.511 e. The number of carbonyl (C=O) groups is 3. The maximum absolute atomic E-state index is 13.5. The minimum atomic E-state index is -2.57. The monoisotopic (exact) mass is 481 g/mol. The lowest BCUT2D eigenvalue weighted by Crippen LogP contribution is -2.57. The number of allylic oxidation sites excluding steroid dienone is 2. The second-order valence-electron chi connectivity index (χ2n) is 8.90. The van der Waals surface area contributed by atoms with Crippen LogP contribution < -0.4 is 5.73 Å². The summed E-state index contributed by atoms with van der Waals surface area (Å²) in [7, 11) is 0. The Morgan fingerprint density at radius 2 is 1.71 bits per heavy atom. The van der Waals surface area contributed by atoms with Crippen LogP contribution in [0.2, 0.25) is 5.02 Å². The molecule has 5 rings (SSSR count). The molecule has 6 N–H and O–H groups in total. The number of halogens is 1. The average Bonchev–Trinajstić information content (AvgIpc) is 2.77. The number of aliphatic hydroxyl groups excluding tert-OH is 2. The Kier molecular flexibility index (Phi) is 4.86. The lowest BCUT2D eigenvalue weighted by atomic mass is 9.60. The highest BCUT2D eigenvalue weighted by molar-refractivity contribution is 6.30. The fourth-order valence-electron chi connectivity index (χ4n) is 5.52. The molecule has 0 saturated heterocycles. The molecule has 0 bridgehead atoms. The van der Waals surface area contributed by atoms with Gasteiger partial charge < -0.3 is 26.2 Å². The van der Waals surface area contributed by atoms with Gasteiger partial charge in [0.25, 0.3) is 5.91 Å². The van der Waals surface area contributed by atoms with Crippen molar-refractivity contribution in [3.05, 3.63) is 75.2 Å². The fourth-order valence-corrected chi connectivity index (χ4v) is 5.65. The van der Waals surface area contributed by atoms with Crippen LogP contribution in [0.5, 0.6) is 5.75 Å². The van der Waals surface area contributed by atoms with Gasteiger partial charge >= 0.3 is 0 Å². The molecule has 3 aliphatic rings. The van der Waals surface area contributed by atoms with Crippen LogP contribution in [0.3, 0.4) is 0 Å². The number of primary amides is 1. The third-order valence-electron chi connectivity index (χ3n) is 7.10. The van der Waals surface area contributed by atoms with Crippen LogP contribution in [0.25, 0.3) is 11.1 Å². The summed E-state index contributed by atoms with van der Waals surface area (Å²) in [6.45, 7) is 0. The molecule has 0 heterocycles. The molecule has 0 saturated carbocycles. The number of aliphatic hydroxyl groups is 3.